The van der Waals surface area contributed by atoms with Gasteiger partial charge in [-0.2, -0.15) is 0 Å². The van der Waals surface area contributed by atoms with Gasteiger partial charge in [-0.3, -0.25) is 0 Å². The van der Waals surface area contributed by atoms with Crippen molar-refractivity contribution in [2.45, 2.75) is 50.2 Å². The Hall–Kier alpha value is -0.640. The van der Waals surface area contributed by atoms with Gasteiger partial charge in [-0.1, -0.05) is 17.7 Å². The first kappa shape index (κ1) is 15.3. The van der Waals surface area contributed by atoms with Gasteiger partial charge in [0, 0.05) is 23.1 Å². The number of nitrogens with one attached hydrogen (secondary N) is 1. The highest BCUT2D eigenvalue weighted by molar-refractivity contribution is 6.30. The zero-order valence-electron chi connectivity index (χ0n) is 12.8. The van der Waals surface area contributed by atoms with Crippen molar-refractivity contribution in [3.8, 4) is 0 Å². The monoisotopic (exact) mass is 310 g/mol. The Kier molecular flexibility index (Phi) is 4.53. The molecule has 0 aromatic heterocycles. The number of hydrogen-bond donors (Lipinski definition) is 1. The third-order valence-corrected chi connectivity index (χ3v) is 5.76. The van der Waals surface area contributed by atoms with Crippen molar-refractivity contribution in [3.05, 3.63) is 34.6 Å². The molecule has 3 rings (SSSR count). The lowest BCUT2D eigenvalue weighted by Gasteiger charge is -2.40. The van der Waals surface area contributed by atoms with Gasteiger partial charge >= 0.3 is 0 Å². The fourth-order valence-electron chi connectivity index (χ4n) is 4.21. The van der Waals surface area contributed by atoms with Crippen LogP contribution in [0, 0.1) is 11.7 Å². The van der Waals surface area contributed by atoms with E-state index < -0.39 is 0 Å². The lowest BCUT2D eigenvalue weighted by atomic mass is 9.82. The van der Waals surface area contributed by atoms with Crippen molar-refractivity contribution >= 4 is 11.6 Å². The van der Waals surface area contributed by atoms with E-state index in [4.69, 9.17) is 11.6 Å². The maximum atomic E-state index is 14.0. The van der Waals surface area contributed by atoms with E-state index in [1.165, 1.54) is 31.7 Å². The Morgan fingerprint density at radius 2 is 2.00 bits per heavy atom. The summed E-state index contributed by atoms with van der Waals surface area (Å²) in [5.41, 5.74) is 0.769. The van der Waals surface area contributed by atoms with E-state index in [1.807, 2.05) is 13.1 Å². The minimum absolute atomic E-state index is 0.182. The summed E-state index contributed by atoms with van der Waals surface area (Å²) in [6.07, 6.45) is 5.85. The number of likely N-dealkylation sites (N-methyl/N-ethyl adjacent to an activating group) is 1. The molecule has 2 saturated heterocycles. The van der Waals surface area contributed by atoms with E-state index in [0.717, 1.165) is 24.1 Å². The highest BCUT2D eigenvalue weighted by Crippen LogP contribution is 2.39. The van der Waals surface area contributed by atoms with Gasteiger partial charge in [0.1, 0.15) is 5.82 Å². The van der Waals surface area contributed by atoms with Crippen molar-refractivity contribution in [1.82, 2.24) is 10.2 Å². The zero-order valence-corrected chi connectivity index (χ0v) is 13.5. The van der Waals surface area contributed by atoms with Crippen molar-refractivity contribution in [1.29, 1.82) is 0 Å². The van der Waals surface area contributed by atoms with E-state index in [2.05, 4.69) is 17.3 Å². The molecule has 2 nitrogen and oxygen atoms in total. The first-order valence-electron chi connectivity index (χ1n) is 7.91. The predicted molar refractivity (Wildman–Crippen MR) is 85.3 cm³/mol. The van der Waals surface area contributed by atoms with Gasteiger partial charge in [0.15, 0.2) is 0 Å². The van der Waals surface area contributed by atoms with Gasteiger partial charge in [0.2, 0.25) is 0 Å². The quantitative estimate of drug-likeness (QED) is 0.916. The van der Waals surface area contributed by atoms with Crippen LogP contribution in [0.2, 0.25) is 5.02 Å². The Morgan fingerprint density at radius 3 is 2.57 bits per heavy atom. The van der Waals surface area contributed by atoms with Crippen LogP contribution in [-0.4, -0.2) is 37.1 Å². The summed E-state index contributed by atoms with van der Waals surface area (Å²) >= 11 is 5.84. The lowest BCUT2D eigenvalue weighted by Crippen LogP contribution is -2.47. The molecule has 0 spiro atoms. The highest BCUT2D eigenvalue weighted by atomic mass is 35.5. The lowest BCUT2D eigenvalue weighted by molar-refractivity contribution is 0.114. The van der Waals surface area contributed by atoms with Crippen LogP contribution in [0.5, 0.6) is 0 Å². The van der Waals surface area contributed by atoms with Crippen LogP contribution in [-0.2, 0) is 6.42 Å². The molecule has 0 saturated carbocycles. The normalized spacial score (nSPS) is 30.6. The molecule has 4 heteroatoms. The van der Waals surface area contributed by atoms with Gasteiger partial charge in [-0.25, -0.2) is 4.39 Å². The molecule has 116 valence electrons. The molecule has 0 aliphatic carbocycles. The van der Waals surface area contributed by atoms with Gasteiger partial charge in [-0.15, -0.1) is 0 Å². The standard InChI is InChI=1S/C17H24ClFN2/c1-20-17(9-11-3-4-13(18)10-16(11)19)12-7-14-5-6-15(8-12)21(14)2/h3-4,10,12,14-15,17,20H,5-9H2,1-2H3. The van der Waals surface area contributed by atoms with E-state index in [9.17, 15) is 4.39 Å². The smallest absolute Gasteiger partial charge is 0.127 e. The second kappa shape index (κ2) is 6.23. The van der Waals surface area contributed by atoms with E-state index in [1.54, 1.807) is 6.07 Å². The number of piperidine rings is 1. The maximum Gasteiger partial charge on any atom is 0.127 e. The Balaban J connectivity index is 1.71. The first-order valence-corrected chi connectivity index (χ1v) is 8.29. The van der Waals surface area contributed by atoms with Gasteiger partial charge in [0.25, 0.3) is 0 Å². The number of halogens is 2. The average molecular weight is 311 g/mol. The van der Waals surface area contributed by atoms with Crippen molar-refractivity contribution in [2.75, 3.05) is 14.1 Å². The molecule has 1 aromatic rings. The van der Waals surface area contributed by atoms with Crippen LogP contribution in [0.4, 0.5) is 4.39 Å². The summed E-state index contributed by atoms with van der Waals surface area (Å²) in [7, 11) is 4.25. The van der Waals surface area contributed by atoms with E-state index in [0.29, 0.717) is 17.0 Å². The van der Waals surface area contributed by atoms with Crippen LogP contribution >= 0.6 is 11.6 Å². The van der Waals surface area contributed by atoms with Crippen molar-refractivity contribution < 1.29 is 4.39 Å². The van der Waals surface area contributed by atoms with Crippen molar-refractivity contribution in [2.24, 2.45) is 5.92 Å². The van der Waals surface area contributed by atoms with Crippen molar-refractivity contribution in [3.63, 3.8) is 0 Å². The zero-order chi connectivity index (χ0) is 15.0. The Morgan fingerprint density at radius 1 is 1.33 bits per heavy atom. The Bertz CT molecular complexity index is 494. The predicted octanol–water partition coefficient (Wildman–Crippen LogP) is 3.48. The van der Waals surface area contributed by atoms with Crippen LogP contribution in [0.15, 0.2) is 18.2 Å². The molecule has 3 atom stereocenters. The molecule has 0 radical (unpaired) electrons. The number of fused-ring (bicyclic) bond motifs is 2. The summed E-state index contributed by atoms with van der Waals surface area (Å²) in [5, 5.41) is 3.89. The summed E-state index contributed by atoms with van der Waals surface area (Å²) in [6, 6.07) is 6.82. The second-order valence-electron chi connectivity index (χ2n) is 6.62. The third kappa shape index (κ3) is 3.10. The molecule has 2 aliphatic rings. The maximum absolute atomic E-state index is 14.0. The summed E-state index contributed by atoms with van der Waals surface area (Å²) < 4.78 is 14.0. The van der Waals surface area contributed by atoms with Crippen LogP contribution in [0.1, 0.15) is 31.2 Å². The molecule has 2 heterocycles. The summed E-state index contributed by atoms with van der Waals surface area (Å²) in [6.45, 7) is 0. The Labute approximate surface area is 131 Å². The first-order chi connectivity index (χ1) is 10.1. The molecular formula is C17H24ClFN2. The fraction of sp³-hybridized carbons (Fsp3) is 0.647. The number of nitrogens with zero attached hydrogens (tertiary/aromatic N) is 1. The van der Waals surface area contributed by atoms with E-state index >= 15 is 0 Å². The van der Waals surface area contributed by atoms with Crippen LogP contribution < -0.4 is 5.32 Å². The number of benzene rings is 1. The second-order valence-corrected chi connectivity index (χ2v) is 7.05. The van der Waals surface area contributed by atoms with Crippen LogP contribution in [0.25, 0.3) is 0 Å². The molecule has 3 unspecified atom stereocenters. The molecular weight excluding hydrogens is 287 g/mol. The minimum atomic E-state index is -0.182. The van der Waals surface area contributed by atoms with Gasteiger partial charge in [-0.05, 0) is 69.8 Å². The molecule has 21 heavy (non-hydrogen) atoms. The van der Waals surface area contributed by atoms with Crippen LogP contribution in [0.3, 0.4) is 0 Å². The number of hydrogen-bond acceptors (Lipinski definition) is 2. The molecule has 2 fully saturated rings. The molecule has 2 bridgehead atoms. The minimum Gasteiger partial charge on any atom is -0.316 e. The van der Waals surface area contributed by atoms with Gasteiger partial charge in [0.05, 0.1) is 0 Å². The summed E-state index contributed by atoms with van der Waals surface area (Å²) in [4.78, 5) is 2.55. The highest BCUT2D eigenvalue weighted by Gasteiger charge is 2.40. The average Bonchev–Trinajstić information content (AvgIpc) is 2.68. The SMILES string of the molecule is CNC(Cc1ccc(Cl)cc1F)C1CC2CCC(C1)N2C. The molecule has 1 aromatic carbocycles. The van der Waals surface area contributed by atoms with E-state index in [-0.39, 0.29) is 5.82 Å². The number of rotatable bonds is 4. The topological polar surface area (TPSA) is 15.3 Å². The molecule has 1 N–H and O–H groups in total. The largest absolute Gasteiger partial charge is 0.316 e. The molecule has 0 amide bonds. The van der Waals surface area contributed by atoms with Gasteiger partial charge < -0.3 is 10.2 Å². The third-order valence-electron chi connectivity index (χ3n) is 5.53. The fourth-order valence-corrected chi connectivity index (χ4v) is 4.37. The summed E-state index contributed by atoms with van der Waals surface area (Å²) in [5.74, 6) is 0.456. The molecule has 2 aliphatic heterocycles.